The Hall–Kier alpha value is -2.51. The number of halogens is 2. The standard InChI is InChI=1S/C13H14F2N4O2/c1-8(2)18-7-16-5-9(18)6-17-12-4-13(19(20)21)11(15)3-10(12)14/h3-5,7-8,17H,6H2,1-2H3. The molecule has 0 radical (unpaired) electrons. The Bertz CT molecular complexity index is 670. The molecule has 0 atom stereocenters. The van der Waals surface area contributed by atoms with Crippen LogP contribution in [-0.2, 0) is 6.54 Å². The van der Waals surface area contributed by atoms with Crippen molar-refractivity contribution in [2.75, 3.05) is 5.32 Å². The zero-order valence-electron chi connectivity index (χ0n) is 11.5. The summed E-state index contributed by atoms with van der Waals surface area (Å²) in [6.45, 7) is 4.15. The molecule has 0 saturated carbocycles. The number of hydrogen-bond acceptors (Lipinski definition) is 4. The van der Waals surface area contributed by atoms with Crippen molar-refractivity contribution >= 4 is 11.4 Å². The number of nitro benzene ring substituents is 1. The molecule has 1 heterocycles. The lowest BCUT2D eigenvalue weighted by Gasteiger charge is -2.13. The van der Waals surface area contributed by atoms with E-state index in [1.54, 1.807) is 12.5 Å². The third-order valence-electron chi connectivity index (χ3n) is 3.00. The monoisotopic (exact) mass is 296 g/mol. The third kappa shape index (κ3) is 3.15. The zero-order chi connectivity index (χ0) is 15.6. The molecule has 0 aliphatic heterocycles. The summed E-state index contributed by atoms with van der Waals surface area (Å²) < 4.78 is 28.8. The number of hydrogen-bond donors (Lipinski definition) is 1. The number of benzene rings is 1. The van der Waals surface area contributed by atoms with E-state index in [4.69, 9.17) is 0 Å². The second kappa shape index (κ2) is 5.86. The summed E-state index contributed by atoms with van der Waals surface area (Å²) in [4.78, 5) is 13.8. The summed E-state index contributed by atoms with van der Waals surface area (Å²) >= 11 is 0. The minimum Gasteiger partial charge on any atom is -0.377 e. The van der Waals surface area contributed by atoms with Gasteiger partial charge in [0.1, 0.15) is 5.82 Å². The minimum absolute atomic E-state index is 0.125. The molecule has 6 nitrogen and oxygen atoms in total. The molecule has 0 spiro atoms. The van der Waals surface area contributed by atoms with Crippen molar-refractivity contribution in [2.24, 2.45) is 0 Å². The summed E-state index contributed by atoms with van der Waals surface area (Å²) in [6, 6.07) is 1.53. The van der Waals surface area contributed by atoms with Gasteiger partial charge in [0, 0.05) is 24.4 Å². The van der Waals surface area contributed by atoms with Crippen molar-refractivity contribution in [3.05, 3.63) is 52.1 Å². The first-order chi connectivity index (χ1) is 9.90. The molecule has 0 amide bonds. The maximum atomic E-state index is 13.6. The Morgan fingerprint density at radius 2 is 2.10 bits per heavy atom. The highest BCUT2D eigenvalue weighted by Gasteiger charge is 2.18. The maximum Gasteiger partial charge on any atom is 0.307 e. The molecule has 2 aromatic rings. The van der Waals surface area contributed by atoms with Crippen LogP contribution >= 0.6 is 0 Å². The highest BCUT2D eigenvalue weighted by Crippen LogP contribution is 2.25. The first kappa shape index (κ1) is 14.9. The fraction of sp³-hybridized carbons (Fsp3) is 0.308. The van der Waals surface area contributed by atoms with Gasteiger partial charge >= 0.3 is 5.69 Å². The summed E-state index contributed by atoms with van der Waals surface area (Å²) in [5, 5.41) is 13.4. The molecule has 0 aliphatic carbocycles. The van der Waals surface area contributed by atoms with Gasteiger partial charge in [-0.05, 0) is 13.8 Å². The molecule has 0 saturated heterocycles. The molecule has 112 valence electrons. The van der Waals surface area contributed by atoms with Crippen LogP contribution in [0.3, 0.4) is 0 Å². The van der Waals surface area contributed by atoms with Crippen LogP contribution in [-0.4, -0.2) is 14.5 Å². The number of imidazole rings is 1. The van der Waals surface area contributed by atoms with E-state index >= 15 is 0 Å². The predicted octanol–water partition coefficient (Wildman–Crippen LogP) is 3.26. The van der Waals surface area contributed by atoms with Gasteiger partial charge in [-0.25, -0.2) is 9.37 Å². The first-order valence-corrected chi connectivity index (χ1v) is 6.28. The van der Waals surface area contributed by atoms with E-state index in [0.717, 1.165) is 11.8 Å². The highest BCUT2D eigenvalue weighted by molar-refractivity contribution is 5.53. The average Bonchev–Trinajstić information content (AvgIpc) is 2.85. The molecule has 1 aromatic carbocycles. The topological polar surface area (TPSA) is 73.0 Å². The van der Waals surface area contributed by atoms with Crippen molar-refractivity contribution in [3.63, 3.8) is 0 Å². The van der Waals surface area contributed by atoms with Crippen LogP contribution in [0.1, 0.15) is 25.6 Å². The van der Waals surface area contributed by atoms with E-state index in [0.29, 0.717) is 6.07 Å². The zero-order valence-corrected chi connectivity index (χ0v) is 11.5. The van der Waals surface area contributed by atoms with E-state index in [-0.39, 0.29) is 18.3 Å². The van der Waals surface area contributed by atoms with Gasteiger partial charge in [-0.2, -0.15) is 4.39 Å². The van der Waals surface area contributed by atoms with Crippen molar-refractivity contribution in [3.8, 4) is 0 Å². The van der Waals surface area contributed by atoms with Crippen LogP contribution in [0, 0.1) is 21.7 Å². The fourth-order valence-electron chi connectivity index (χ4n) is 1.93. The molecule has 1 aromatic heterocycles. The lowest BCUT2D eigenvalue weighted by Crippen LogP contribution is -2.10. The first-order valence-electron chi connectivity index (χ1n) is 6.28. The van der Waals surface area contributed by atoms with Crippen LogP contribution in [0.5, 0.6) is 0 Å². The van der Waals surface area contributed by atoms with E-state index in [1.807, 2.05) is 18.4 Å². The van der Waals surface area contributed by atoms with Crippen molar-refractivity contribution < 1.29 is 13.7 Å². The number of nitro groups is 1. The van der Waals surface area contributed by atoms with Gasteiger partial charge in [0.05, 0.1) is 29.2 Å². The Balaban J connectivity index is 2.22. The predicted molar refractivity (Wildman–Crippen MR) is 73.0 cm³/mol. The van der Waals surface area contributed by atoms with Gasteiger partial charge in [0.15, 0.2) is 0 Å². The number of nitrogens with zero attached hydrogens (tertiary/aromatic N) is 3. The second-order valence-electron chi connectivity index (χ2n) is 4.78. The molecule has 0 unspecified atom stereocenters. The molecule has 2 rings (SSSR count). The van der Waals surface area contributed by atoms with Gasteiger partial charge in [-0.15, -0.1) is 0 Å². The molecule has 0 fully saturated rings. The fourth-order valence-corrected chi connectivity index (χ4v) is 1.93. The van der Waals surface area contributed by atoms with Crippen LogP contribution in [0.15, 0.2) is 24.7 Å². The van der Waals surface area contributed by atoms with Gasteiger partial charge < -0.3 is 9.88 Å². The smallest absolute Gasteiger partial charge is 0.307 e. The lowest BCUT2D eigenvalue weighted by molar-refractivity contribution is -0.387. The van der Waals surface area contributed by atoms with Crippen LogP contribution in [0.2, 0.25) is 0 Å². The summed E-state index contributed by atoms with van der Waals surface area (Å²) in [5.41, 5.74) is -0.104. The Morgan fingerprint density at radius 3 is 2.71 bits per heavy atom. The van der Waals surface area contributed by atoms with Crippen molar-refractivity contribution in [1.82, 2.24) is 9.55 Å². The third-order valence-corrected chi connectivity index (χ3v) is 3.00. The van der Waals surface area contributed by atoms with Crippen LogP contribution in [0.25, 0.3) is 0 Å². The largest absolute Gasteiger partial charge is 0.377 e. The molecule has 0 bridgehead atoms. The molecular weight excluding hydrogens is 282 g/mol. The average molecular weight is 296 g/mol. The van der Waals surface area contributed by atoms with E-state index in [9.17, 15) is 18.9 Å². The Labute approximate surface area is 119 Å². The van der Waals surface area contributed by atoms with Gasteiger partial charge in [-0.1, -0.05) is 0 Å². The maximum absolute atomic E-state index is 13.6. The second-order valence-corrected chi connectivity index (χ2v) is 4.78. The van der Waals surface area contributed by atoms with Gasteiger partial charge in [-0.3, -0.25) is 10.1 Å². The summed E-state index contributed by atoms with van der Waals surface area (Å²) in [7, 11) is 0. The molecule has 8 heteroatoms. The number of anilines is 1. The molecular formula is C13H14F2N4O2. The minimum atomic E-state index is -1.20. The Morgan fingerprint density at radius 1 is 1.38 bits per heavy atom. The van der Waals surface area contributed by atoms with Crippen LogP contribution in [0.4, 0.5) is 20.2 Å². The number of nitrogens with one attached hydrogen (secondary N) is 1. The number of rotatable bonds is 5. The lowest BCUT2D eigenvalue weighted by atomic mass is 10.2. The van der Waals surface area contributed by atoms with E-state index in [2.05, 4.69) is 10.3 Å². The summed E-state index contributed by atoms with van der Waals surface area (Å²) in [5.74, 6) is -2.08. The van der Waals surface area contributed by atoms with Crippen molar-refractivity contribution in [2.45, 2.75) is 26.4 Å². The highest BCUT2D eigenvalue weighted by atomic mass is 19.1. The SMILES string of the molecule is CC(C)n1cncc1CNc1cc([N+](=O)[O-])c(F)cc1F. The van der Waals surface area contributed by atoms with Gasteiger partial charge in [0.25, 0.3) is 0 Å². The normalized spacial score (nSPS) is 10.9. The molecule has 0 aliphatic rings. The van der Waals surface area contributed by atoms with Crippen molar-refractivity contribution in [1.29, 1.82) is 0 Å². The quantitative estimate of drug-likeness (QED) is 0.679. The molecule has 1 N–H and O–H groups in total. The number of aromatic nitrogens is 2. The molecule has 21 heavy (non-hydrogen) atoms. The van der Waals surface area contributed by atoms with Gasteiger partial charge in [0.2, 0.25) is 5.82 Å². The Kier molecular flexibility index (Phi) is 4.15. The van der Waals surface area contributed by atoms with E-state index < -0.39 is 22.2 Å². The van der Waals surface area contributed by atoms with Crippen LogP contribution < -0.4 is 5.32 Å². The van der Waals surface area contributed by atoms with E-state index in [1.165, 1.54) is 0 Å². The summed E-state index contributed by atoms with van der Waals surface area (Å²) in [6.07, 6.45) is 3.26.